The van der Waals surface area contributed by atoms with Crippen molar-refractivity contribution in [2.45, 2.75) is 26.6 Å². The number of alkyl halides is 4. The molecule has 1 saturated carbocycles. The predicted molar refractivity (Wildman–Crippen MR) is 68.2 cm³/mol. The van der Waals surface area contributed by atoms with E-state index in [0.717, 1.165) is 0 Å². The van der Waals surface area contributed by atoms with Gasteiger partial charge in [0.15, 0.2) is 4.33 Å². The maximum Gasteiger partial charge on any atom is 0.166 e. The van der Waals surface area contributed by atoms with Crippen molar-refractivity contribution in [3.8, 4) is 0 Å². The average Bonchev–Trinajstić information content (AvgIpc) is 2.99. The summed E-state index contributed by atoms with van der Waals surface area (Å²) in [7, 11) is 0. The summed E-state index contributed by atoms with van der Waals surface area (Å²) in [5.74, 6) is -0.100. The quantitative estimate of drug-likeness (QED) is 0.513. The molecule has 1 saturated heterocycles. The van der Waals surface area contributed by atoms with E-state index in [2.05, 4.69) is 0 Å². The van der Waals surface area contributed by atoms with E-state index in [1.165, 1.54) is 0 Å². The van der Waals surface area contributed by atoms with Gasteiger partial charge in [-0.25, -0.2) is 0 Å². The molecule has 2 bridgehead atoms. The fourth-order valence-electron chi connectivity index (χ4n) is 2.63. The fourth-order valence-corrected chi connectivity index (χ4v) is 5.48. The van der Waals surface area contributed by atoms with Crippen LogP contribution in [0.15, 0.2) is 10.1 Å². The van der Waals surface area contributed by atoms with Gasteiger partial charge in [-0.3, -0.25) is 0 Å². The van der Waals surface area contributed by atoms with E-state index in [-0.39, 0.29) is 22.1 Å². The van der Waals surface area contributed by atoms with Crippen LogP contribution in [0.25, 0.3) is 0 Å². The zero-order chi connectivity index (χ0) is 11.9. The first-order valence-corrected chi connectivity index (χ1v) is 6.97. The van der Waals surface area contributed by atoms with E-state index in [9.17, 15) is 0 Å². The molecule has 0 radical (unpaired) electrons. The first kappa shape index (κ1) is 12.5. The molecule has 0 amide bonds. The van der Waals surface area contributed by atoms with Gasteiger partial charge < -0.3 is 4.74 Å². The van der Waals surface area contributed by atoms with Crippen molar-refractivity contribution in [1.82, 2.24) is 0 Å². The molecule has 4 atom stereocenters. The van der Waals surface area contributed by atoms with Gasteiger partial charge in [-0.05, 0) is 6.42 Å². The second kappa shape index (κ2) is 3.30. The molecule has 16 heavy (non-hydrogen) atoms. The summed E-state index contributed by atoms with van der Waals surface area (Å²) in [4.78, 5) is -2.25. The van der Waals surface area contributed by atoms with Crippen molar-refractivity contribution in [2.75, 3.05) is 6.61 Å². The maximum atomic E-state index is 6.52. The topological polar surface area (TPSA) is 12.5 Å². The molecule has 0 aromatic carbocycles. The number of allylic oxidation sites excluding steroid dienone is 2. The molecule has 3 rings (SSSR count). The lowest BCUT2D eigenvalue weighted by Crippen LogP contribution is -2.45. The highest BCUT2D eigenvalue weighted by Crippen LogP contribution is 2.75. The van der Waals surface area contributed by atoms with Gasteiger partial charge in [-0.1, -0.05) is 46.4 Å². The Morgan fingerprint density at radius 3 is 2.00 bits per heavy atom. The third-order valence-corrected chi connectivity index (χ3v) is 7.93. The molecular formula is C9H6Cl6O. The average molecular weight is 343 g/mol. The highest BCUT2D eigenvalue weighted by molar-refractivity contribution is 6.65. The fraction of sp³-hybridized carbons (Fsp3) is 0.778. The third-order valence-electron chi connectivity index (χ3n) is 3.63. The van der Waals surface area contributed by atoms with Crippen LogP contribution in [0.5, 0.6) is 0 Å². The molecule has 90 valence electrons. The van der Waals surface area contributed by atoms with E-state index in [4.69, 9.17) is 74.3 Å². The van der Waals surface area contributed by atoms with Gasteiger partial charge in [-0.15, -0.1) is 23.2 Å². The number of rotatable bonds is 1. The zero-order valence-electron chi connectivity index (χ0n) is 7.74. The summed E-state index contributed by atoms with van der Waals surface area (Å²) >= 11 is 37.8. The van der Waals surface area contributed by atoms with Crippen LogP contribution in [-0.4, -0.2) is 26.8 Å². The summed E-state index contributed by atoms with van der Waals surface area (Å²) in [6.07, 6.45) is 0.499. The van der Waals surface area contributed by atoms with Gasteiger partial charge in [0.1, 0.15) is 9.75 Å². The lowest BCUT2D eigenvalue weighted by molar-refractivity contribution is 0.306. The molecule has 1 heterocycles. The normalized spacial score (nSPS) is 53.6. The number of fused-ring (bicyclic) bond motifs is 2. The van der Waals surface area contributed by atoms with Crippen LogP contribution in [0, 0.1) is 5.92 Å². The minimum atomic E-state index is -1.41. The summed E-state index contributed by atoms with van der Waals surface area (Å²) < 4.78 is 3.84. The maximum absolute atomic E-state index is 6.52. The number of halogens is 6. The summed E-state index contributed by atoms with van der Waals surface area (Å²) in [6, 6.07) is 0. The Morgan fingerprint density at radius 2 is 1.62 bits per heavy atom. The molecule has 1 aliphatic heterocycles. The van der Waals surface area contributed by atoms with Crippen molar-refractivity contribution >= 4 is 69.6 Å². The van der Waals surface area contributed by atoms with Crippen LogP contribution in [0.4, 0.5) is 0 Å². The van der Waals surface area contributed by atoms with Crippen LogP contribution in [0.2, 0.25) is 0 Å². The Kier molecular flexibility index (Phi) is 2.58. The molecule has 2 aliphatic carbocycles. The molecule has 0 aromatic rings. The Bertz CT molecular complexity index is 403. The Morgan fingerprint density at radius 1 is 1.06 bits per heavy atom. The molecule has 3 aliphatic rings. The van der Waals surface area contributed by atoms with Crippen LogP contribution < -0.4 is 0 Å². The molecule has 0 spiro atoms. The number of hydrogen-bond acceptors (Lipinski definition) is 1. The monoisotopic (exact) mass is 340 g/mol. The number of epoxide rings is 1. The standard InChI is InChI=1S/C9H6Cl6O/c10-5-6(11)8(13)3(4-2-16-4)1-7(5,12)9(8,14)15/h3-4H,1-2H2. The Hall–Kier alpha value is 1.44. The van der Waals surface area contributed by atoms with Crippen LogP contribution >= 0.6 is 69.6 Å². The molecule has 7 heteroatoms. The lowest BCUT2D eigenvalue weighted by atomic mass is 9.89. The van der Waals surface area contributed by atoms with Gasteiger partial charge in [0.2, 0.25) is 0 Å². The SMILES string of the molecule is ClC1=C(Cl)C2(Cl)C(C3CO3)CC1(Cl)C2(Cl)Cl. The van der Waals surface area contributed by atoms with E-state index in [0.29, 0.717) is 13.0 Å². The first-order valence-electron chi connectivity index (χ1n) is 4.70. The van der Waals surface area contributed by atoms with Crippen molar-refractivity contribution < 1.29 is 4.74 Å². The van der Waals surface area contributed by atoms with Gasteiger partial charge >= 0.3 is 0 Å². The second-order valence-corrected chi connectivity index (χ2v) is 7.72. The Balaban J connectivity index is 2.18. The second-order valence-electron chi connectivity index (χ2n) is 4.40. The van der Waals surface area contributed by atoms with E-state index >= 15 is 0 Å². The highest BCUT2D eigenvalue weighted by Gasteiger charge is 2.80. The number of hydrogen-bond donors (Lipinski definition) is 0. The summed E-state index contributed by atoms with van der Waals surface area (Å²) in [6.45, 7) is 0.637. The molecule has 0 aromatic heterocycles. The van der Waals surface area contributed by atoms with Crippen LogP contribution in [0.1, 0.15) is 6.42 Å². The molecule has 0 N–H and O–H groups in total. The van der Waals surface area contributed by atoms with Gasteiger partial charge in [-0.2, -0.15) is 0 Å². The van der Waals surface area contributed by atoms with Crippen molar-refractivity contribution in [3.63, 3.8) is 0 Å². The smallest absolute Gasteiger partial charge is 0.166 e. The van der Waals surface area contributed by atoms with E-state index < -0.39 is 14.1 Å². The summed E-state index contributed by atoms with van der Waals surface area (Å²) in [5.41, 5.74) is 0. The van der Waals surface area contributed by atoms with Gasteiger partial charge in [0, 0.05) is 5.92 Å². The minimum Gasteiger partial charge on any atom is -0.373 e. The third kappa shape index (κ3) is 1.13. The predicted octanol–water partition coefficient (Wildman–Crippen LogP) is 4.24. The zero-order valence-corrected chi connectivity index (χ0v) is 12.3. The van der Waals surface area contributed by atoms with Crippen LogP contribution in [0.3, 0.4) is 0 Å². The van der Waals surface area contributed by atoms with Crippen molar-refractivity contribution in [3.05, 3.63) is 10.1 Å². The lowest BCUT2D eigenvalue weighted by Gasteiger charge is -2.33. The van der Waals surface area contributed by atoms with E-state index in [1.54, 1.807) is 0 Å². The Labute approximate surface area is 123 Å². The van der Waals surface area contributed by atoms with Gasteiger partial charge in [0.25, 0.3) is 0 Å². The summed E-state index contributed by atoms with van der Waals surface area (Å²) in [5, 5.41) is 0.510. The molecule has 1 nitrogen and oxygen atoms in total. The highest BCUT2D eigenvalue weighted by atomic mass is 35.5. The molecule has 4 unspecified atom stereocenters. The van der Waals surface area contributed by atoms with E-state index in [1.807, 2.05) is 0 Å². The van der Waals surface area contributed by atoms with Crippen molar-refractivity contribution in [1.29, 1.82) is 0 Å². The van der Waals surface area contributed by atoms with Gasteiger partial charge in [0.05, 0.1) is 22.8 Å². The number of ether oxygens (including phenoxy) is 1. The van der Waals surface area contributed by atoms with Crippen molar-refractivity contribution in [2.24, 2.45) is 5.92 Å². The van der Waals surface area contributed by atoms with Crippen LogP contribution in [-0.2, 0) is 4.74 Å². The minimum absolute atomic E-state index is 0.0218. The largest absolute Gasteiger partial charge is 0.373 e. The molecular weight excluding hydrogens is 337 g/mol. The first-order chi connectivity index (χ1) is 7.27. The molecule has 2 fully saturated rings.